The van der Waals surface area contributed by atoms with Crippen molar-refractivity contribution < 1.29 is 13.9 Å². The molecular weight excluding hydrogens is 263 g/mol. The second kappa shape index (κ2) is 6.46. The largest absolute Gasteiger partial charge is 0.497 e. The van der Waals surface area contributed by atoms with Crippen molar-refractivity contribution in [2.45, 2.75) is 6.54 Å². The Morgan fingerprint density at radius 2 is 2.25 bits per heavy atom. The van der Waals surface area contributed by atoms with Crippen LogP contribution in [0.15, 0.2) is 36.5 Å². The average molecular weight is 276 g/mol. The number of hydrogen-bond acceptors (Lipinski definition) is 4. The zero-order chi connectivity index (χ0) is 14.4. The van der Waals surface area contributed by atoms with Crippen molar-refractivity contribution in [2.24, 2.45) is 0 Å². The van der Waals surface area contributed by atoms with E-state index in [4.69, 9.17) is 4.74 Å². The maximum Gasteiger partial charge on any atom is 0.320 e. The molecule has 2 aromatic rings. The molecule has 0 saturated carbocycles. The van der Waals surface area contributed by atoms with Gasteiger partial charge in [-0.15, -0.1) is 5.10 Å². The molecule has 0 aliphatic heterocycles. The van der Waals surface area contributed by atoms with Gasteiger partial charge in [-0.25, -0.2) is 9.18 Å². The van der Waals surface area contributed by atoms with E-state index in [9.17, 15) is 9.18 Å². The Morgan fingerprint density at radius 3 is 2.95 bits per heavy atom. The number of aromatic nitrogens is 2. The lowest BCUT2D eigenvalue weighted by Crippen LogP contribution is -2.28. The van der Waals surface area contributed by atoms with Crippen LogP contribution in [0.5, 0.6) is 5.75 Å². The molecule has 1 aromatic carbocycles. The fourth-order valence-electron chi connectivity index (χ4n) is 1.55. The van der Waals surface area contributed by atoms with Crippen molar-refractivity contribution in [2.75, 3.05) is 12.4 Å². The number of methoxy groups -OCH3 is 1. The summed E-state index contributed by atoms with van der Waals surface area (Å²) in [6, 6.07) is 7.05. The average Bonchev–Trinajstić information content (AvgIpc) is 2.45. The van der Waals surface area contributed by atoms with E-state index in [1.807, 2.05) is 0 Å². The molecule has 1 heterocycles. The smallest absolute Gasteiger partial charge is 0.320 e. The van der Waals surface area contributed by atoms with Crippen LogP contribution in [0.25, 0.3) is 0 Å². The van der Waals surface area contributed by atoms with Gasteiger partial charge in [0.05, 0.1) is 7.11 Å². The van der Waals surface area contributed by atoms with Gasteiger partial charge in [-0.2, -0.15) is 5.10 Å². The van der Waals surface area contributed by atoms with Crippen molar-refractivity contribution in [1.82, 2.24) is 15.5 Å². The zero-order valence-electron chi connectivity index (χ0n) is 10.8. The predicted molar refractivity (Wildman–Crippen MR) is 70.8 cm³/mol. The third-order valence-corrected chi connectivity index (χ3v) is 2.43. The summed E-state index contributed by atoms with van der Waals surface area (Å²) < 4.78 is 18.2. The molecule has 0 aliphatic carbocycles. The van der Waals surface area contributed by atoms with Gasteiger partial charge in [0, 0.05) is 18.8 Å². The lowest BCUT2D eigenvalue weighted by molar-refractivity contribution is 0.251. The van der Waals surface area contributed by atoms with Gasteiger partial charge in [0.25, 0.3) is 0 Å². The minimum absolute atomic E-state index is 0.167. The van der Waals surface area contributed by atoms with Gasteiger partial charge in [-0.1, -0.05) is 0 Å². The van der Waals surface area contributed by atoms with Gasteiger partial charge in [0.15, 0.2) is 5.82 Å². The monoisotopic (exact) mass is 276 g/mol. The first kappa shape index (κ1) is 13.7. The maximum atomic E-state index is 13.3. The fraction of sp³-hybridized carbons (Fsp3) is 0.154. The number of ether oxygens (including phenoxy) is 1. The molecule has 2 N–H and O–H groups in total. The Morgan fingerprint density at radius 1 is 1.40 bits per heavy atom. The van der Waals surface area contributed by atoms with Crippen LogP contribution in [0.1, 0.15) is 5.56 Å². The maximum absolute atomic E-state index is 13.3. The summed E-state index contributed by atoms with van der Waals surface area (Å²) >= 11 is 0. The molecule has 7 heteroatoms. The van der Waals surface area contributed by atoms with Crippen molar-refractivity contribution in [3.63, 3.8) is 0 Å². The first-order chi connectivity index (χ1) is 9.67. The lowest BCUT2D eigenvalue weighted by Gasteiger charge is -2.08. The molecule has 0 saturated heterocycles. The number of halogens is 1. The molecule has 20 heavy (non-hydrogen) atoms. The molecule has 6 nitrogen and oxygen atoms in total. The number of amides is 2. The first-order valence-electron chi connectivity index (χ1n) is 5.83. The van der Waals surface area contributed by atoms with Crippen LogP contribution in [0, 0.1) is 5.82 Å². The number of rotatable bonds is 4. The molecule has 0 unspecified atom stereocenters. The highest BCUT2D eigenvalue weighted by molar-refractivity contribution is 5.87. The van der Waals surface area contributed by atoms with Crippen LogP contribution < -0.4 is 15.4 Å². The topological polar surface area (TPSA) is 76.1 Å². The number of nitrogens with one attached hydrogen (secondary N) is 2. The van der Waals surface area contributed by atoms with Crippen LogP contribution in [0.3, 0.4) is 0 Å². The highest BCUT2D eigenvalue weighted by Gasteiger charge is 2.05. The number of benzene rings is 1. The van der Waals surface area contributed by atoms with E-state index < -0.39 is 11.8 Å². The molecule has 2 rings (SSSR count). The molecule has 0 atom stereocenters. The second-order valence-electron chi connectivity index (χ2n) is 3.92. The number of urea groups is 1. The van der Waals surface area contributed by atoms with Gasteiger partial charge >= 0.3 is 6.03 Å². The lowest BCUT2D eigenvalue weighted by atomic mass is 10.2. The standard InChI is InChI=1S/C13H13FN4O2/c1-20-11-6-9(5-10(14)7-11)8-15-13(19)17-12-3-2-4-16-18-12/h2-7H,8H2,1H3,(H2,15,17,18,19). The Kier molecular flexibility index (Phi) is 4.43. The van der Waals surface area contributed by atoms with E-state index >= 15 is 0 Å². The number of carbonyl (C=O) groups excluding carboxylic acids is 1. The molecule has 0 aliphatic rings. The fourth-order valence-corrected chi connectivity index (χ4v) is 1.55. The minimum Gasteiger partial charge on any atom is -0.497 e. The van der Waals surface area contributed by atoms with E-state index in [0.717, 1.165) is 0 Å². The van der Waals surface area contributed by atoms with Gasteiger partial charge in [-0.3, -0.25) is 5.32 Å². The van der Waals surface area contributed by atoms with Crippen LogP contribution in [-0.4, -0.2) is 23.3 Å². The Labute approximate surface area is 115 Å². The highest BCUT2D eigenvalue weighted by atomic mass is 19.1. The van der Waals surface area contributed by atoms with Gasteiger partial charge < -0.3 is 10.1 Å². The van der Waals surface area contributed by atoms with Gasteiger partial charge in [0.1, 0.15) is 11.6 Å². The SMILES string of the molecule is COc1cc(F)cc(CNC(=O)Nc2cccnn2)c1. The third-order valence-electron chi connectivity index (χ3n) is 2.43. The number of carbonyl (C=O) groups is 1. The molecule has 104 valence electrons. The summed E-state index contributed by atoms with van der Waals surface area (Å²) in [5.74, 6) is 0.313. The van der Waals surface area contributed by atoms with E-state index in [2.05, 4.69) is 20.8 Å². The molecule has 2 amide bonds. The molecule has 0 fully saturated rings. The van der Waals surface area contributed by atoms with Gasteiger partial charge in [-0.05, 0) is 29.8 Å². The molecular formula is C13H13FN4O2. The number of nitrogens with zero attached hydrogens (tertiary/aromatic N) is 2. The number of anilines is 1. The van der Waals surface area contributed by atoms with E-state index in [0.29, 0.717) is 17.1 Å². The first-order valence-corrected chi connectivity index (χ1v) is 5.83. The zero-order valence-corrected chi connectivity index (χ0v) is 10.8. The second-order valence-corrected chi connectivity index (χ2v) is 3.92. The third kappa shape index (κ3) is 3.91. The van der Waals surface area contributed by atoms with E-state index in [-0.39, 0.29) is 6.54 Å². The molecule has 0 spiro atoms. The molecule has 0 radical (unpaired) electrons. The Bertz CT molecular complexity index is 592. The summed E-state index contributed by atoms with van der Waals surface area (Å²) in [5, 5.41) is 12.4. The van der Waals surface area contributed by atoms with Crippen molar-refractivity contribution >= 4 is 11.8 Å². The summed E-state index contributed by atoms with van der Waals surface area (Å²) in [6.07, 6.45) is 1.50. The normalized spacial score (nSPS) is 9.90. The predicted octanol–water partition coefficient (Wildman–Crippen LogP) is 1.95. The van der Waals surface area contributed by atoms with Crippen LogP contribution in [0.4, 0.5) is 15.0 Å². The van der Waals surface area contributed by atoms with Crippen LogP contribution in [0.2, 0.25) is 0 Å². The molecule has 0 bridgehead atoms. The van der Waals surface area contributed by atoms with Crippen molar-refractivity contribution in [3.8, 4) is 5.75 Å². The van der Waals surface area contributed by atoms with Crippen molar-refractivity contribution in [3.05, 3.63) is 47.9 Å². The quantitative estimate of drug-likeness (QED) is 0.894. The highest BCUT2D eigenvalue weighted by Crippen LogP contribution is 2.15. The van der Waals surface area contributed by atoms with Crippen LogP contribution >= 0.6 is 0 Å². The minimum atomic E-state index is -0.450. The Hall–Kier alpha value is -2.70. The molecule has 1 aromatic heterocycles. The summed E-state index contributed by atoms with van der Waals surface area (Å²) in [4.78, 5) is 11.6. The Balaban J connectivity index is 1.92. The van der Waals surface area contributed by atoms with E-state index in [1.165, 1.54) is 25.4 Å². The van der Waals surface area contributed by atoms with Crippen molar-refractivity contribution in [1.29, 1.82) is 0 Å². The van der Waals surface area contributed by atoms with E-state index in [1.54, 1.807) is 18.2 Å². The summed E-state index contributed by atoms with van der Waals surface area (Å²) in [6.45, 7) is 0.167. The number of hydrogen-bond donors (Lipinski definition) is 2. The van der Waals surface area contributed by atoms with Crippen LogP contribution in [-0.2, 0) is 6.54 Å². The van der Waals surface area contributed by atoms with Gasteiger partial charge in [0.2, 0.25) is 0 Å². The summed E-state index contributed by atoms with van der Waals surface area (Å²) in [5.41, 5.74) is 0.594. The summed E-state index contributed by atoms with van der Waals surface area (Å²) in [7, 11) is 1.45.